The number of hydrogen-bond acceptors (Lipinski definition) is 6. The molecule has 0 fully saturated rings. The Labute approximate surface area is 239 Å². The molecule has 0 saturated heterocycles. The largest absolute Gasteiger partial charge is 0.464 e. The molecule has 2 amide bonds. The van der Waals surface area contributed by atoms with E-state index < -0.39 is 23.7 Å². The van der Waals surface area contributed by atoms with Crippen LogP contribution < -0.4 is 5.32 Å². The Hall–Kier alpha value is -2.60. The number of nitrogens with one attached hydrogen (secondary N) is 1. The summed E-state index contributed by atoms with van der Waals surface area (Å²) in [6, 6.07) is 15.7. The number of fused-ring (bicyclic) bond motifs is 3. The van der Waals surface area contributed by atoms with Crippen LogP contribution in [0.4, 0.5) is 4.79 Å². The molecule has 8 nitrogen and oxygen atoms in total. The number of esters is 1. The molecule has 0 unspecified atom stereocenters. The summed E-state index contributed by atoms with van der Waals surface area (Å²) in [4.78, 5) is 39.2. The first-order valence-corrected chi connectivity index (χ1v) is 14.4. The monoisotopic (exact) mass is 634 g/mol. The van der Waals surface area contributed by atoms with E-state index in [9.17, 15) is 14.4 Å². The molecule has 1 atom stereocenters. The van der Waals surface area contributed by atoms with E-state index in [1.807, 2.05) is 45.0 Å². The molecule has 0 radical (unpaired) electrons. The molecular formula is C28H36BIN2O6. The van der Waals surface area contributed by atoms with Crippen LogP contribution in [0.2, 0.25) is 6.32 Å². The third-order valence-corrected chi connectivity index (χ3v) is 6.58. The maximum absolute atomic E-state index is 13.0. The highest BCUT2D eigenvalue weighted by Gasteiger charge is 2.30. The van der Waals surface area contributed by atoms with Gasteiger partial charge in [0, 0.05) is 16.9 Å². The summed E-state index contributed by atoms with van der Waals surface area (Å²) < 4.78 is 17.5. The van der Waals surface area contributed by atoms with E-state index in [1.165, 1.54) is 4.90 Å². The lowest BCUT2D eigenvalue weighted by Crippen LogP contribution is -2.50. The molecule has 1 aliphatic carbocycles. The smallest absolute Gasteiger partial charge is 0.407 e. The first-order valence-electron chi connectivity index (χ1n) is 12.9. The van der Waals surface area contributed by atoms with E-state index in [1.54, 1.807) is 7.85 Å². The fraction of sp³-hybridized carbons (Fsp3) is 0.464. The third kappa shape index (κ3) is 8.46. The van der Waals surface area contributed by atoms with Gasteiger partial charge in [0.15, 0.2) is 0 Å². The Morgan fingerprint density at radius 1 is 1.03 bits per heavy atom. The highest BCUT2D eigenvalue weighted by Crippen LogP contribution is 2.44. The summed E-state index contributed by atoms with van der Waals surface area (Å²) in [6.45, 7) is 6.22. The number of amides is 2. The van der Waals surface area contributed by atoms with E-state index in [0.717, 1.165) is 22.3 Å². The Kier molecular flexibility index (Phi) is 11.0. The number of nitrogens with zero attached hydrogens (tertiary/aromatic N) is 1. The van der Waals surface area contributed by atoms with Crippen LogP contribution in [0.5, 0.6) is 0 Å². The van der Waals surface area contributed by atoms with Crippen LogP contribution in [0.15, 0.2) is 48.5 Å². The number of benzene rings is 2. The third-order valence-electron chi connectivity index (χ3n) is 6.14. The van der Waals surface area contributed by atoms with E-state index in [4.69, 9.17) is 14.2 Å². The maximum Gasteiger partial charge on any atom is 0.407 e. The lowest BCUT2D eigenvalue weighted by Gasteiger charge is -2.30. The summed E-state index contributed by atoms with van der Waals surface area (Å²) in [5.41, 5.74) is 4.09. The molecule has 0 aromatic heterocycles. The lowest BCUT2D eigenvalue weighted by atomic mass is 9.98. The first-order chi connectivity index (χ1) is 18.1. The minimum atomic E-state index is -0.606. The van der Waals surface area contributed by atoms with Crippen molar-refractivity contribution in [2.45, 2.75) is 44.7 Å². The van der Waals surface area contributed by atoms with Gasteiger partial charge in [0.1, 0.15) is 27.6 Å². The van der Waals surface area contributed by atoms with Crippen molar-refractivity contribution in [2.24, 2.45) is 0 Å². The van der Waals surface area contributed by atoms with Crippen LogP contribution in [0.25, 0.3) is 11.1 Å². The second kappa shape index (κ2) is 14.0. The molecule has 2 aromatic carbocycles. The zero-order valence-electron chi connectivity index (χ0n) is 22.5. The average molecular weight is 634 g/mol. The molecule has 3 rings (SSSR count). The Morgan fingerprint density at radius 2 is 1.63 bits per heavy atom. The van der Waals surface area contributed by atoms with E-state index >= 15 is 0 Å². The Morgan fingerprint density at radius 3 is 2.18 bits per heavy atom. The van der Waals surface area contributed by atoms with Crippen LogP contribution in [-0.4, -0.2) is 79.7 Å². The minimum absolute atomic E-state index is 0.0664. The van der Waals surface area contributed by atoms with Crippen molar-refractivity contribution >= 4 is 48.4 Å². The molecule has 0 bridgehead atoms. The molecule has 0 aliphatic heterocycles. The quantitative estimate of drug-likeness (QED) is 0.166. The molecule has 1 N–H and O–H groups in total. The Bertz CT molecular complexity index is 1080. The molecule has 0 saturated carbocycles. The minimum Gasteiger partial charge on any atom is -0.464 e. The van der Waals surface area contributed by atoms with Crippen molar-refractivity contribution in [3.8, 4) is 11.1 Å². The zero-order chi connectivity index (χ0) is 27.7. The predicted molar refractivity (Wildman–Crippen MR) is 157 cm³/mol. The van der Waals surface area contributed by atoms with Crippen LogP contribution in [0, 0.1) is 0 Å². The highest BCUT2D eigenvalue weighted by molar-refractivity contribution is 14.1. The summed E-state index contributed by atoms with van der Waals surface area (Å²) >= 11 is 2.11. The molecule has 10 heteroatoms. The van der Waals surface area contributed by atoms with Gasteiger partial charge in [-0.3, -0.25) is 9.59 Å². The van der Waals surface area contributed by atoms with Crippen LogP contribution in [0.1, 0.15) is 37.8 Å². The van der Waals surface area contributed by atoms with Crippen molar-refractivity contribution in [1.82, 2.24) is 10.2 Å². The SMILES string of the molecule is BCC(=O)N(CC(=O)OCCI)C[C@H](COC(C)(C)C)NC(=O)OCC1c2ccccc2-c2ccccc21. The van der Waals surface area contributed by atoms with Gasteiger partial charge in [0.25, 0.3) is 0 Å². The van der Waals surface area contributed by atoms with Gasteiger partial charge in [-0.15, -0.1) is 0 Å². The van der Waals surface area contributed by atoms with Crippen LogP contribution in [0.3, 0.4) is 0 Å². The van der Waals surface area contributed by atoms with Gasteiger partial charge < -0.3 is 24.4 Å². The number of ether oxygens (including phenoxy) is 3. The molecule has 38 heavy (non-hydrogen) atoms. The maximum atomic E-state index is 13.0. The van der Waals surface area contributed by atoms with Crippen LogP contribution in [-0.2, 0) is 23.8 Å². The van der Waals surface area contributed by atoms with Gasteiger partial charge in [-0.2, -0.15) is 0 Å². The van der Waals surface area contributed by atoms with E-state index in [2.05, 4.69) is 52.2 Å². The predicted octanol–water partition coefficient (Wildman–Crippen LogP) is 3.57. The highest BCUT2D eigenvalue weighted by atomic mass is 127. The molecule has 0 heterocycles. The fourth-order valence-electron chi connectivity index (χ4n) is 4.40. The lowest BCUT2D eigenvalue weighted by molar-refractivity contribution is -0.148. The molecule has 1 aliphatic rings. The Balaban J connectivity index is 1.68. The molecule has 2 aromatic rings. The van der Waals surface area contributed by atoms with Crippen molar-refractivity contribution in [2.75, 3.05) is 37.3 Å². The van der Waals surface area contributed by atoms with Crippen molar-refractivity contribution in [3.05, 3.63) is 59.7 Å². The molecular weight excluding hydrogens is 598 g/mol. The number of alkyl carbamates (subject to hydrolysis) is 1. The summed E-state index contributed by atoms with van der Waals surface area (Å²) in [5, 5.41) is 2.85. The van der Waals surface area contributed by atoms with E-state index in [0.29, 0.717) is 4.43 Å². The zero-order valence-corrected chi connectivity index (χ0v) is 24.7. The topological polar surface area (TPSA) is 94.2 Å². The second-order valence-electron chi connectivity index (χ2n) is 10.1. The number of halogens is 1. The van der Waals surface area contributed by atoms with Gasteiger partial charge in [0.05, 0.1) is 18.2 Å². The summed E-state index contributed by atoms with van der Waals surface area (Å²) in [5.74, 6) is -0.769. The van der Waals surface area contributed by atoms with Crippen molar-refractivity contribution in [1.29, 1.82) is 0 Å². The van der Waals surface area contributed by atoms with Gasteiger partial charge in [-0.1, -0.05) is 71.1 Å². The first kappa shape index (κ1) is 30.0. The van der Waals surface area contributed by atoms with Crippen molar-refractivity contribution in [3.63, 3.8) is 0 Å². The number of alkyl halides is 1. The van der Waals surface area contributed by atoms with Gasteiger partial charge >= 0.3 is 12.1 Å². The number of hydrogen-bond donors (Lipinski definition) is 1. The van der Waals surface area contributed by atoms with Crippen LogP contribution >= 0.6 is 22.6 Å². The average Bonchev–Trinajstić information content (AvgIpc) is 3.21. The number of rotatable bonds is 12. The van der Waals surface area contributed by atoms with Gasteiger partial charge in [-0.25, -0.2) is 4.79 Å². The fourth-order valence-corrected chi connectivity index (χ4v) is 4.62. The summed E-state index contributed by atoms with van der Waals surface area (Å²) in [7, 11) is 1.73. The summed E-state index contributed by atoms with van der Waals surface area (Å²) in [6.07, 6.45) is -0.386. The van der Waals surface area contributed by atoms with Gasteiger partial charge in [-0.05, 0) is 49.3 Å². The van der Waals surface area contributed by atoms with Gasteiger partial charge in [0.2, 0.25) is 5.91 Å². The second-order valence-corrected chi connectivity index (χ2v) is 11.2. The number of carbonyl (C=O) groups excluding carboxylic acids is 3. The molecule has 204 valence electrons. The number of carbonyl (C=O) groups is 3. The molecule has 0 spiro atoms. The standard InChI is InChI=1S/C28H36BIN2O6/c1-28(2,3)38-17-19(15-32(25(33)14-29)16-26(34)36-13-12-30)31-27(35)37-18-24-22-10-6-4-8-20(22)21-9-5-7-11-23(21)24/h4-11,19,24H,12-18,29H2,1-3H3,(H,31,35)/t19-/m1/s1. The van der Waals surface area contributed by atoms with Crippen molar-refractivity contribution < 1.29 is 28.6 Å². The normalized spacial score (nSPS) is 13.3. The van der Waals surface area contributed by atoms with E-state index in [-0.39, 0.29) is 51.1 Å².